The number of nitrogens with one attached hydrogen (secondary N) is 2. The number of aromatic nitrogens is 2. The average molecular weight is 423 g/mol. The number of aliphatic hydroxyl groups is 1. The first-order valence-corrected chi connectivity index (χ1v) is 11.2. The molecule has 0 aromatic carbocycles. The normalized spacial score (nSPS) is 26.1. The fraction of sp³-hybridized carbons (Fsp3) is 0.818. The first-order valence-electron chi connectivity index (χ1n) is 11.2. The number of aromatic amines is 1. The van der Waals surface area contributed by atoms with Gasteiger partial charge in [0.1, 0.15) is 6.79 Å². The lowest BCUT2D eigenvalue weighted by Crippen LogP contribution is -2.58. The largest absolute Gasteiger partial charge is 0.391 e. The Labute approximate surface area is 179 Å². The Morgan fingerprint density at radius 2 is 2.13 bits per heavy atom. The molecule has 0 unspecified atom stereocenters. The summed E-state index contributed by atoms with van der Waals surface area (Å²) in [4.78, 5) is 20.1. The monoisotopic (exact) mass is 422 g/mol. The third-order valence-corrected chi connectivity index (χ3v) is 6.66. The van der Waals surface area contributed by atoms with Crippen molar-refractivity contribution in [3.05, 3.63) is 18.2 Å². The number of nitrogens with zero attached hydrogens (tertiary/aromatic N) is 1. The van der Waals surface area contributed by atoms with Crippen LogP contribution in [0.5, 0.6) is 0 Å². The van der Waals surface area contributed by atoms with E-state index in [1.807, 2.05) is 13.8 Å². The van der Waals surface area contributed by atoms with Gasteiger partial charge in [-0.25, -0.2) is 4.98 Å². The van der Waals surface area contributed by atoms with Crippen LogP contribution in [0.15, 0.2) is 12.5 Å². The molecule has 1 saturated heterocycles. The molecule has 5 N–H and O–H groups in total. The fourth-order valence-corrected chi connectivity index (χ4v) is 4.58. The highest BCUT2D eigenvalue weighted by molar-refractivity contribution is 5.86. The molecule has 2 heterocycles. The molecule has 2 fully saturated rings. The van der Waals surface area contributed by atoms with Gasteiger partial charge in [-0.2, -0.15) is 0 Å². The van der Waals surface area contributed by atoms with Crippen molar-refractivity contribution in [2.24, 2.45) is 11.7 Å². The lowest BCUT2D eigenvalue weighted by Gasteiger charge is -2.34. The molecule has 4 atom stereocenters. The zero-order chi connectivity index (χ0) is 21.8. The number of carbonyl (C=O) groups excluding carboxylic acids is 1. The van der Waals surface area contributed by atoms with Gasteiger partial charge in [-0.15, -0.1) is 0 Å². The van der Waals surface area contributed by atoms with Crippen LogP contribution in [0.2, 0.25) is 0 Å². The van der Waals surface area contributed by atoms with Crippen LogP contribution < -0.4 is 11.1 Å². The molecule has 1 amide bonds. The number of hydrogen-bond donors (Lipinski definition) is 4. The van der Waals surface area contributed by atoms with Crippen molar-refractivity contribution < 1.29 is 19.4 Å². The van der Waals surface area contributed by atoms with E-state index in [9.17, 15) is 9.90 Å². The van der Waals surface area contributed by atoms with E-state index in [-0.39, 0.29) is 24.8 Å². The van der Waals surface area contributed by atoms with E-state index in [0.717, 1.165) is 25.0 Å². The maximum absolute atomic E-state index is 13.1. The van der Waals surface area contributed by atoms with Crippen molar-refractivity contribution in [1.29, 1.82) is 0 Å². The smallest absolute Gasteiger partial charge is 0.240 e. The number of ether oxygens (including phenoxy) is 2. The molecule has 170 valence electrons. The Hall–Kier alpha value is -1.48. The molecule has 1 aliphatic carbocycles. The van der Waals surface area contributed by atoms with Crippen LogP contribution in [0.3, 0.4) is 0 Å². The van der Waals surface area contributed by atoms with Crippen molar-refractivity contribution >= 4 is 5.91 Å². The maximum Gasteiger partial charge on any atom is 0.240 e. The van der Waals surface area contributed by atoms with Crippen molar-refractivity contribution in [3.63, 3.8) is 0 Å². The van der Waals surface area contributed by atoms with Crippen molar-refractivity contribution in [2.45, 2.75) is 102 Å². The van der Waals surface area contributed by atoms with Gasteiger partial charge in [0.25, 0.3) is 0 Å². The number of carbonyl (C=O) groups is 1. The molecule has 0 spiro atoms. The topological polar surface area (TPSA) is 122 Å². The number of hydrogen-bond acceptors (Lipinski definition) is 6. The average Bonchev–Trinajstić information content (AvgIpc) is 3.31. The third kappa shape index (κ3) is 6.03. The minimum Gasteiger partial charge on any atom is -0.391 e. The van der Waals surface area contributed by atoms with E-state index in [1.54, 1.807) is 19.4 Å². The van der Waals surface area contributed by atoms with Crippen LogP contribution in [0.25, 0.3) is 0 Å². The summed E-state index contributed by atoms with van der Waals surface area (Å²) in [5.41, 5.74) is 5.59. The molecular formula is C22H38N4O4. The highest BCUT2D eigenvalue weighted by atomic mass is 16.7. The first kappa shape index (κ1) is 23.2. The molecule has 8 heteroatoms. The summed E-state index contributed by atoms with van der Waals surface area (Å²) < 4.78 is 11.3. The Morgan fingerprint density at radius 3 is 2.73 bits per heavy atom. The molecule has 1 aromatic rings. The van der Waals surface area contributed by atoms with Gasteiger partial charge in [0.15, 0.2) is 0 Å². The van der Waals surface area contributed by atoms with Crippen LogP contribution in [0, 0.1) is 5.92 Å². The zero-order valence-corrected chi connectivity index (χ0v) is 18.5. The van der Waals surface area contributed by atoms with Gasteiger partial charge in [-0.1, -0.05) is 32.1 Å². The van der Waals surface area contributed by atoms with Crippen molar-refractivity contribution in [3.8, 4) is 0 Å². The predicted molar refractivity (Wildman–Crippen MR) is 114 cm³/mol. The van der Waals surface area contributed by atoms with Crippen LogP contribution in [0.4, 0.5) is 0 Å². The second kappa shape index (κ2) is 9.77. The minimum atomic E-state index is -1.11. The Balaban J connectivity index is 1.67. The summed E-state index contributed by atoms with van der Waals surface area (Å²) in [5, 5.41) is 14.2. The summed E-state index contributed by atoms with van der Waals surface area (Å²) >= 11 is 0. The number of amides is 1. The number of rotatable bonds is 9. The number of nitrogens with two attached hydrogens (primary N) is 1. The van der Waals surface area contributed by atoms with Crippen LogP contribution >= 0.6 is 0 Å². The molecule has 1 aliphatic heterocycles. The third-order valence-electron chi connectivity index (χ3n) is 6.66. The molecule has 0 bridgehead atoms. The Morgan fingerprint density at radius 1 is 1.40 bits per heavy atom. The van der Waals surface area contributed by atoms with Gasteiger partial charge in [0.2, 0.25) is 5.91 Å². The van der Waals surface area contributed by atoms with E-state index in [0.29, 0.717) is 18.8 Å². The summed E-state index contributed by atoms with van der Waals surface area (Å²) in [6.07, 6.45) is 9.77. The van der Waals surface area contributed by atoms with E-state index >= 15 is 0 Å². The van der Waals surface area contributed by atoms with Gasteiger partial charge in [-0.05, 0) is 33.1 Å². The molecular weight excluding hydrogens is 384 g/mol. The maximum atomic E-state index is 13.1. The molecule has 0 radical (unpaired) electrons. The van der Waals surface area contributed by atoms with Crippen LogP contribution in [-0.4, -0.2) is 57.2 Å². The molecule has 3 rings (SSSR count). The number of aliphatic hydroxyl groups excluding tert-OH is 1. The second-order valence-corrected chi connectivity index (χ2v) is 9.81. The predicted octanol–water partition coefficient (Wildman–Crippen LogP) is 2.03. The van der Waals surface area contributed by atoms with Crippen molar-refractivity contribution in [1.82, 2.24) is 15.3 Å². The molecule has 2 aliphatic rings. The number of H-pyrrole nitrogens is 1. The lowest BCUT2D eigenvalue weighted by molar-refractivity contribution is -0.128. The first-order chi connectivity index (χ1) is 14.2. The minimum absolute atomic E-state index is 0.215. The molecule has 1 aromatic heterocycles. The van der Waals surface area contributed by atoms with Gasteiger partial charge in [0, 0.05) is 24.7 Å². The quantitative estimate of drug-likeness (QED) is 0.483. The zero-order valence-electron chi connectivity index (χ0n) is 18.5. The Kier molecular flexibility index (Phi) is 7.55. The van der Waals surface area contributed by atoms with Crippen LogP contribution in [-0.2, 0) is 20.7 Å². The van der Waals surface area contributed by atoms with E-state index in [1.165, 1.54) is 19.3 Å². The second-order valence-electron chi connectivity index (χ2n) is 9.81. The van der Waals surface area contributed by atoms with Gasteiger partial charge in [-0.3, -0.25) is 4.79 Å². The van der Waals surface area contributed by atoms with Gasteiger partial charge >= 0.3 is 0 Å². The van der Waals surface area contributed by atoms with Gasteiger partial charge < -0.3 is 30.6 Å². The van der Waals surface area contributed by atoms with Crippen molar-refractivity contribution in [2.75, 3.05) is 6.79 Å². The molecule has 8 nitrogen and oxygen atoms in total. The molecule has 30 heavy (non-hydrogen) atoms. The standard InChI is InChI=1S/C22H38N4O4/c1-21(2)19(29-14-30-21)10-18(27)17(9-15-7-5-4-6-8-15)26-20(28)22(3,23)11-16-12-24-13-25-16/h12-13,15,17-19,27H,4-11,14,23H2,1-3H3,(H,24,25)(H,26,28)/t17-,18-,19-,22-/m0/s1. The SMILES string of the molecule is CC1(C)OCO[C@H]1C[C@H](O)[C@H](CC1CCCCC1)NC(=O)[C@@](C)(N)Cc1cnc[nH]1. The highest BCUT2D eigenvalue weighted by Crippen LogP contribution is 2.32. The van der Waals surface area contributed by atoms with E-state index in [2.05, 4.69) is 15.3 Å². The summed E-state index contributed by atoms with van der Waals surface area (Å²) in [6.45, 7) is 5.88. The highest BCUT2D eigenvalue weighted by Gasteiger charge is 2.41. The summed E-state index contributed by atoms with van der Waals surface area (Å²) in [5.74, 6) is 0.240. The summed E-state index contributed by atoms with van der Waals surface area (Å²) in [7, 11) is 0. The fourth-order valence-electron chi connectivity index (χ4n) is 4.58. The summed E-state index contributed by atoms with van der Waals surface area (Å²) in [6, 6.07) is -0.370. The van der Waals surface area contributed by atoms with Crippen LogP contribution in [0.1, 0.15) is 71.4 Å². The number of imidazole rings is 1. The Bertz CT molecular complexity index is 671. The van der Waals surface area contributed by atoms with E-state index < -0.39 is 17.2 Å². The van der Waals surface area contributed by atoms with Gasteiger partial charge in [0.05, 0.1) is 35.7 Å². The van der Waals surface area contributed by atoms with E-state index in [4.69, 9.17) is 15.2 Å². The molecule has 1 saturated carbocycles. The lowest BCUT2D eigenvalue weighted by atomic mass is 9.82.